The van der Waals surface area contributed by atoms with E-state index in [2.05, 4.69) is 39.5 Å². The van der Waals surface area contributed by atoms with E-state index in [4.69, 9.17) is 4.74 Å². The van der Waals surface area contributed by atoms with Gasteiger partial charge in [-0.2, -0.15) is 0 Å². The Labute approximate surface area is 85.5 Å². The summed E-state index contributed by atoms with van der Waals surface area (Å²) in [4.78, 5) is 0.978. The number of ether oxygens (including phenoxy) is 1. The Morgan fingerprint density at radius 2 is 1.85 bits per heavy atom. The van der Waals surface area contributed by atoms with Gasteiger partial charge in [0, 0.05) is 10.5 Å². The average Bonchev–Trinajstić information content (AvgIpc) is 2.03. The van der Waals surface area contributed by atoms with Gasteiger partial charge < -0.3 is 4.74 Å². The van der Waals surface area contributed by atoms with Crippen LogP contribution in [-0.2, 0) is 5.41 Å². The highest BCUT2D eigenvalue weighted by Crippen LogP contribution is 2.32. The normalized spacial score (nSPS) is 11.5. The lowest BCUT2D eigenvalue weighted by Crippen LogP contribution is -2.12. The molecule has 72 valence electrons. The van der Waals surface area contributed by atoms with Gasteiger partial charge in [0.05, 0.1) is 7.11 Å². The molecule has 0 fully saturated rings. The molecule has 1 aromatic rings. The van der Waals surface area contributed by atoms with Crippen LogP contribution in [0.4, 0.5) is 0 Å². The summed E-state index contributed by atoms with van der Waals surface area (Å²) in [6.45, 7) is 6.49. The fourth-order valence-corrected chi connectivity index (χ4v) is 1.49. The number of benzene rings is 1. The monoisotopic (exact) mass is 196 g/mol. The Morgan fingerprint density at radius 1 is 1.23 bits per heavy atom. The third-order valence-electron chi connectivity index (χ3n) is 1.99. The molecule has 0 atom stereocenters. The maximum Gasteiger partial charge on any atom is 0.122 e. The minimum atomic E-state index is 0.101. The first kappa shape index (κ1) is 10.5. The van der Waals surface area contributed by atoms with Gasteiger partial charge in [-0.1, -0.05) is 20.8 Å². The van der Waals surface area contributed by atoms with Crippen molar-refractivity contribution in [2.45, 2.75) is 31.1 Å². The van der Waals surface area contributed by atoms with Crippen molar-refractivity contribution in [2.75, 3.05) is 7.11 Å². The molecule has 0 aromatic heterocycles. The smallest absolute Gasteiger partial charge is 0.122 e. The maximum absolute atomic E-state index is 5.29. The molecule has 0 aliphatic rings. The fourth-order valence-electron chi connectivity index (χ4n) is 1.28. The summed E-state index contributed by atoms with van der Waals surface area (Å²) >= 11 is 4.32. The third-order valence-corrected chi connectivity index (χ3v) is 2.27. The maximum atomic E-state index is 5.29. The summed E-state index contributed by atoms with van der Waals surface area (Å²) in [7, 11) is 1.70. The summed E-state index contributed by atoms with van der Waals surface area (Å²) in [6, 6.07) is 5.96. The molecule has 0 bridgehead atoms. The standard InChI is InChI=1S/C11H16OS/c1-11(2,3)9-7-8(13)5-6-10(9)12-4/h5-7,13H,1-4H3. The second-order valence-electron chi connectivity index (χ2n) is 4.13. The Bertz CT molecular complexity index is 299. The molecule has 1 rings (SSSR count). The molecule has 0 saturated carbocycles. The van der Waals surface area contributed by atoms with Gasteiger partial charge in [-0.25, -0.2) is 0 Å². The molecule has 0 aliphatic carbocycles. The largest absolute Gasteiger partial charge is 0.496 e. The van der Waals surface area contributed by atoms with Crippen molar-refractivity contribution in [2.24, 2.45) is 0 Å². The molecule has 0 amide bonds. The van der Waals surface area contributed by atoms with Gasteiger partial charge in [0.15, 0.2) is 0 Å². The Hall–Kier alpha value is -0.630. The van der Waals surface area contributed by atoms with E-state index < -0.39 is 0 Å². The van der Waals surface area contributed by atoms with Crippen LogP contribution in [0.3, 0.4) is 0 Å². The molecular weight excluding hydrogens is 180 g/mol. The third kappa shape index (κ3) is 2.41. The molecule has 13 heavy (non-hydrogen) atoms. The number of hydrogen-bond acceptors (Lipinski definition) is 2. The van der Waals surface area contributed by atoms with E-state index >= 15 is 0 Å². The zero-order valence-corrected chi connectivity index (χ0v) is 9.48. The van der Waals surface area contributed by atoms with Crippen LogP contribution in [-0.4, -0.2) is 7.11 Å². The molecule has 0 N–H and O–H groups in total. The first-order valence-electron chi connectivity index (χ1n) is 4.32. The van der Waals surface area contributed by atoms with E-state index in [1.54, 1.807) is 7.11 Å². The second-order valence-corrected chi connectivity index (χ2v) is 4.65. The van der Waals surface area contributed by atoms with E-state index in [1.807, 2.05) is 12.1 Å². The number of thiol groups is 1. The summed E-state index contributed by atoms with van der Waals surface area (Å²) in [6.07, 6.45) is 0. The molecular formula is C11H16OS. The van der Waals surface area contributed by atoms with Gasteiger partial charge >= 0.3 is 0 Å². The van der Waals surface area contributed by atoms with Crippen LogP contribution in [0.5, 0.6) is 5.75 Å². The molecule has 0 spiro atoms. The highest BCUT2D eigenvalue weighted by molar-refractivity contribution is 7.80. The zero-order valence-electron chi connectivity index (χ0n) is 8.59. The SMILES string of the molecule is COc1ccc(S)cc1C(C)(C)C. The number of hydrogen-bond donors (Lipinski definition) is 1. The van der Waals surface area contributed by atoms with Crippen LogP contribution >= 0.6 is 12.6 Å². The molecule has 0 aliphatic heterocycles. The van der Waals surface area contributed by atoms with Crippen molar-refractivity contribution in [3.63, 3.8) is 0 Å². The lowest BCUT2D eigenvalue weighted by atomic mass is 9.86. The second kappa shape index (κ2) is 3.62. The Morgan fingerprint density at radius 3 is 2.31 bits per heavy atom. The van der Waals surface area contributed by atoms with Crippen LogP contribution in [0.25, 0.3) is 0 Å². The minimum Gasteiger partial charge on any atom is -0.496 e. The molecule has 0 heterocycles. The first-order chi connectivity index (χ1) is 5.95. The fraction of sp³-hybridized carbons (Fsp3) is 0.455. The van der Waals surface area contributed by atoms with Crippen LogP contribution < -0.4 is 4.74 Å². The average molecular weight is 196 g/mol. The van der Waals surface area contributed by atoms with E-state index in [0.717, 1.165) is 10.6 Å². The molecule has 1 nitrogen and oxygen atoms in total. The Kier molecular flexibility index (Phi) is 2.91. The van der Waals surface area contributed by atoms with Crippen molar-refractivity contribution < 1.29 is 4.74 Å². The lowest BCUT2D eigenvalue weighted by molar-refractivity contribution is 0.397. The van der Waals surface area contributed by atoms with Gasteiger partial charge in [0.1, 0.15) is 5.75 Å². The van der Waals surface area contributed by atoms with Crippen LogP contribution in [0, 0.1) is 0 Å². The minimum absolute atomic E-state index is 0.101. The number of methoxy groups -OCH3 is 1. The highest BCUT2D eigenvalue weighted by atomic mass is 32.1. The zero-order chi connectivity index (χ0) is 10.1. The van der Waals surface area contributed by atoms with Gasteiger partial charge in [-0.15, -0.1) is 12.6 Å². The van der Waals surface area contributed by atoms with E-state index in [0.29, 0.717) is 0 Å². The molecule has 1 aromatic carbocycles. The van der Waals surface area contributed by atoms with E-state index in [9.17, 15) is 0 Å². The lowest BCUT2D eigenvalue weighted by Gasteiger charge is -2.22. The Balaban J connectivity index is 3.24. The van der Waals surface area contributed by atoms with Crippen molar-refractivity contribution in [3.8, 4) is 5.75 Å². The summed E-state index contributed by atoms with van der Waals surface area (Å²) < 4.78 is 5.29. The summed E-state index contributed by atoms with van der Waals surface area (Å²) in [5.74, 6) is 0.935. The van der Waals surface area contributed by atoms with Gasteiger partial charge in [0.25, 0.3) is 0 Å². The van der Waals surface area contributed by atoms with Crippen molar-refractivity contribution in [1.29, 1.82) is 0 Å². The van der Waals surface area contributed by atoms with Crippen molar-refractivity contribution >= 4 is 12.6 Å². The highest BCUT2D eigenvalue weighted by Gasteiger charge is 2.18. The van der Waals surface area contributed by atoms with Gasteiger partial charge in [0.2, 0.25) is 0 Å². The van der Waals surface area contributed by atoms with Gasteiger partial charge in [-0.3, -0.25) is 0 Å². The molecule has 0 unspecified atom stereocenters. The molecule has 0 radical (unpaired) electrons. The number of rotatable bonds is 1. The van der Waals surface area contributed by atoms with E-state index in [-0.39, 0.29) is 5.41 Å². The van der Waals surface area contributed by atoms with Crippen molar-refractivity contribution in [1.82, 2.24) is 0 Å². The quantitative estimate of drug-likeness (QED) is 0.678. The van der Waals surface area contributed by atoms with Gasteiger partial charge in [-0.05, 0) is 23.6 Å². The summed E-state index contributed by atoms with van der Waals surface area (Å²) in [5.41, 5.74) is 1.30. The van der Waals surface area contributed by atoms with Crippen LogP contribution in [0.15, 0.2) is 23.1 Å². The molecule has 0 saturated heterocycles. The predicted molar refractivity (Wildman–Crippen MR) is 58.9 cm³/mol. The van der Waals surface area contributed by atoms with Crippen LogP contribution in [0.2, 0.25) is 0 Å². The predicted octanol–water partition coefficient (Wildman–Crippen LogP) is 3.28. The molecule has 2 heteroatoms. The van der Waals surface area contributed by atoms with Crippen molar-refractivity contribution in [3.05, 3.63) is 23.8 Å². The summed E-state index contributed by atoms with van der Waals surface area (Å²) in [5, 5.41) is 0. The first-order valence-corrected chi connectivity index (χ1v) is 4.77. The van der Waals surface area contributed by atoms with E-state index in [1.165, 1.54) is 5.56 Å². The van der Waals surface area contributed by atoms with Crippen LogP contribution in [0.1, 0.15) is 26.3 Å². The topological polar surface area (TPSA) is 9.23 Å².